The molecule has 0 saturated carbocycles. The molecule has 1 rings (SSSR count). The summed E-state index contributed by atoms with van der Waals surface area (Å²) in [4.78, 5) is 0. The van der Waals surface area contributed by atoms with Gasteiger partial charge in [-0.05, 0) is 38.0 Å². The molecule has 0 aliphatic heterocycles. The summed E-state index contributed by atoms with van der Waals surface area (Å²) < 4.78 is 12.7. The molecule has 16 heavy (non-hydrogen) atoms. The van der Waals surface area contributed by atoms with Crippen molar-refractivity contribution in [3.05, 3.63) is 35.6 Å². The maximum Gasteiger partial charge on any atom is 0.123 e. The highest BCUT2D eigenvalue weighted by molar-refractivity contribution is 5.22. The molecule has 0 fully saturated rings. The third kappa shape index (κ3) is 3.58. The first-order valence-corrected chi connectivity index (χ1v) is 5.67. The summed E-state index contributed by atoms with van der Waals surface area (Å²) in [7, 11) is 0. The minimum atomic E-state index is -0.961. The second-order valence-corrected chi connectivity index (χ2v) is 4.47. The van der Waals surface area contributed by atoms with Crippen LogP contribution in [0.15, 0.2) is 24.3 Å². The summed E-state index contributed by atoms with van der Waals surface area (Å²) in [5.41, 5.74) is -0.235. The monoisotopic (exact) mass is 225 g/mol. The van der Waals surface area contributed by atoms with Crippen LogP contribution in [-0.2, 0) is 5.60 Å². The van der Waals surface area contributed by atoms with Crippen molar-refractivity contribution in [3.8, 4) is 0 Å². The van der Waals surface area contributed by atoms with Crippen molar-refractivity contribution in [1.29, 1.82) is 0 Å². The quantitative estimate of drug-likeness (QED) is 0.806. The molecule has 0 amide bonds. The Hall–Kier alpha value is -0.930. The third-order valence-corrected chi connectivity index (χ3v) is 2.87. The molecule has 1 aromatic rings. The average molecular weight is 225 g/mol. The van der Waals surface area contributed by atoms with E-state index in [1.807, 2.05) is 0 Å². The fraction of sp³-hybridized carbons (Fsp3) is 0.538. The molecule has 0 aliphatic rings. The molecule has 3 heteroatoms. The van der Waals surface area contributed by atoms with Crippen molar-refractivity contribution >= 4 is 0 Å². The molecule has 0 aliphatic carbocycles. The number of halogens is 1. The van der Waals surface area contributed by atoms with Gasteiger partial charge in [0, 0.05) is 12.6 Å². The van der Waals surface area contributed by atoms with Crippen molar-refractivity contribution in [2.45, 2.75) is 38.8 Å². The van der Waals surface area contributed by atoms with Crippen LogP contribution in [0, 0.1) is 5.82 Å². The minimum Gasteiger partial charge on any atom is -0.384 e. The maximum absolute atomic E-state index is 12.7. The lowest BCUT2D eigenvalue weighted by molar-refractivity contribution is 0.0542. The molecule has 0 aromatic heterocycles. The Labute approximate surface area is 96.5 Å². The molecule has 2 unspecified atom stereocenters. The Morgan fingerprint density at radius 2 is 1.94 bits per heavy atom. The van der Waals surface area contributed by atoms with Crippen LogP contribution in [-0.4, -0.2) is 17.7 Å². The van der Waals surface area contributed by atoms with Crippen LogP contribution in [0.25, 0.3) is 0 Å². The van der Waals surface area contributed by atoms with E-state index in [9.17, 15) is 9.50 Å². The molecule has 2 nitrogen and oxygen atoms in total. The van der Waals surface area contributed by atoms with Gasteiger partial charge in [0.2, 0.25) is 0 Å². The lowest BCUT2D eigenvalue weighted by Crippen LogP contribution is -2.39. The third-order valence-electron chi connectivity index (χ3n) is 2.87. The lowest BCUT2D eigenvalue weighted by atomic mass is 9.95. The zero-order valence-corrected chi connectivity index (χ0v) is 10.1. The number of rotatable bonds is 5. The van der Waals surface area contributed by atoms with Gasteiger partial charge in [-0.25, -0.2) is 4.39 Å². The smallest absolute Gasteiger partial charge is 0.123 e. The molecule has 90 valence electrons. The van der Waals surface area contributed by atoms with E-state index in [1.54, 1.807) is 19.1 Å². The highest BCUT2D eigenvalue weighted by atomic mass is 19.1. The lowest BCUT2D eigenvalue weighted by Gasteiger charge is -2.26. The standard InChI is InChI=1S/C13H20FNO/c1-4-10(2)15-9-13(3,16)11-5-7-12(14)8-6-11/h5-8,10,15-16H,4,9H2,1-3H3. The van der Waals surface area contributed by atoms with Gasteiger partial charge in [0.05, 0.1) is 5.60 Å². The van der Waals surface area contributed by atoms with Crippen LogP contribution in [0.5, 0.6) is 0 Å². The van der Waals surface area contributed by atoms with Gasteiger partial charge in [-0.2, -0.15) is 0 Å². The number of aliphatic hydroxyl groups is 1. The van der Waals surface area contributed by atoms with Crippen LogP contribution >= 0.6 is 0 Å². The zero-order chi connectivity index (χ0) is 12.2. The average Bonchev–Trinajstić information content (AvgIpc) is 2.26. The van der Waals surface area contributed by atoms with E-state index in [0.29, 0.717) is 12.6 Å². The second kappa shape index (κ2) is 5.41. The Morgan fingerprint density at radius 3 is 2.44 bits per heavy atom. The van der Waals surface area contributed by atoms with E-state index in [2.05, 4.69) is 19.2 Å². The van der Waals surface area contributed by atoms with Crippen molar-refractivity contribution in [3.63, 3.8) is 0 Å². The van der Waals surface area contributed by atoms with Gasteiger partial charge in [0.1, 0.15) is 5.82 Å². The van der Waals surface area contributed by atoms with Gasteiger partial charge in [-0.1, -0.05) is 19.1 Å². The number of nitrogens with one attached hydrogen (secondary N) is 1. The van der Waals surface area contributed by atoms with Gasteiger partial charge >= 0.3 is 0 Å². The van der Waals surface area contributed by atoms with E-state index in [0.717, 1.165) is 12.0 Å². The van der Waals surface area contributed by atoms with Gasteiger partial charge in [0.25, 0.3) is 0 Å². The topological polar surface area (TPSA) is 32.3 Å². The Morgan fingerprint density at radius 1 is 1.38 bits per heavy atom. The van der Waals surface area contributed by atoms with E-state index < -0.39 is 5.60 Å². The number of hydrogen-bond acceptors (Lipinski definition) is 2. The fourth-order valence-electron chi connectivity index (χ4n) is 1.43. The minimum absolute atomic E-state index is 0.283. The normalized spacial score (nSPS) is 16.8. The van der Waals surface area contributed by atoms with Crippen molar-refractivity contribution in [1.82, 2.24) is 5.32 Å². The molecule has 0 saturated heterocycles. The Bertz CT molecular complexity index is 321. The first-order chi connectivity index (χ1) is 7.45. The van der Waals surface area contributed by atoms with Crippen molar-refractivity contribution < 1.29 is 9.50 Å². The van der Waals surface area contributed by atoms with Gasteiger partial charge < -0.3 is 10.4 Å². The molecular formula is C13H20FNO. The van der Waals surface area contributed by atoms with Crippen LogP contribution in [0.1, 0.15) is 32.8 Å². The first kappa shape index (κ1) is 13.1. The molecular weight excluding hydrogens is 205 g/mol. The molecule has 2 atom stereocenters. The summed E-state index contributed by atoms with van der Waals surface area (Å²) in [6, 6.07) is 6.34. The summed E-state index contributed by atoms with van der Waals surface area (Å²) >= 11 is 0. The molecule has 0 spiro atoms. The second-order valence-electron chi connectivity index (χ2n) is 4.47. The fourth-order valence-corrected chi connectivity index (χ4v) is 1.43. The Kier molecular flexibility index (Phi) is 4.44. The van der Waals surface area contributed by atoms with Gasteiger partial charge in [-0.15, -0.1) is 0 Å². The van der Waals surface area contributed by atoms with Gasteiger partial charge in [0.15, 0.2) is 0 Å². The number of hydrogen-bond donors (Lipinski definition) is 2. The zero-order valence-electron chi connectivity index (χ0n) is 10.1. The molecule has 0 radical (unpaired) electrons. The first-order valence-electron chi connectivity index (χ1n) is 5.67. The summed E-state index contributed by atoms with van der Waals surface area (Å²) in [5, 5.41) is 13.5. The largest absolute Gasteiger partial charge is 0.384 e. The van der Waals surface area contributed by atoms with E-state index in [1.165, 1.54) is 12.1 Å². The highest BCUT2D eigenvalue weighted by Crippen LogP contribution is 2.20. The van der Waals surface area contributed by atoms with Crippen LogP contribution in [0.3, 0.4) is 0 Å². The summed E-state index contributed by atoms with van der Waals surface area (Å²) in [6.07, 6.45) is 1.01. The Balaban J connectivity index is 2.66. The highest BCUT2D eigenvalue weighted by Gasteiger charge is 2.23. The van der Waals surface area contributed by atoms with Crippen LogP contribution in [0.2, 0.25) is 0 Å². The summed E-state index contributed by atoms with van der Waals surface area (Å²) in [5.74, 6) is -0.283. The van der Waals surface area contributed by atoms with Crippen molar-refractivity contribution in [2.75, 3.05) is 6.54 Å². The molecule has 0 bridgehead atoms. The van der Waals surface area contributed by atoms with E-state index in [4.69, 9.17) is 0 Å². The molecule has 1 aromatic carbocycles. The molecule has 0 heterocycles. The van der Waals surface area contributed by atoms with Crippen molar-refractivity contribution in [2.24, 2.45) is 0 Å². The SMILES string of the molecule is CCC(C)NCC(C)(O)c1ccc(F)cc1. The predicted molar refractivity (Wildman–Crippen MR) is 63.7 cm³/mol. The van der Waals surface area contributed by atoms with Gasteiger partial charge in [-0.3, -0.25) is 0 Å². The maximum atomic E-state index is 12.7. The van der Waals surface area contributed by atoms with Crippen LogP contribution in [0.4, 0.5) is 4.39 Å². The molecule has 2 N–H and O–H groups in total. The predicted octanol–water partition coefficient (Wildman–Crippen LogP) is 2.42. The summed E-state index contributed by atoms with van der Waals surface area (Å²) in [6.45, 7) is 6.36. The van der Waals surface area contributed by atoms with E-state index in [-0.39, 0.29) is 5.82 Å². The number of benzene rings is 1. The van der Waals surface area contributed by atoms with E-state index >= 15 is 0 Å². The van der Waals surface area contributed by atoms with Crippen LogP contribution < -0.4 is 5.32 Å².